The number of aliphatic hydroxyl groups excluding tert-OH is 1. The molecule has 3 rings (SSSR count). The number of halogens is 3. The van der Waals surface area contributed by atoms with Crippen LogP contribution in [0.15, 0.2) is 65.1 Å². The van der Waals surface area contributed by atoms with Gasteiger partial charge in [0.15, 0.2) is 0 Å². The zero-order chi connectivity index (χ0) is 20.3. The van der Waals surface area contributed by atoms with Crippen molar-refractivity contribution in [2.45, 2.75) is 6.10 Å². The minimum Gasteiger partial charge on any atom is -0.495 e. The van der Waals surface area contributed by atoms with Crippen LogP contribution in [-0.4, -0.2) is 18.1 Å². The third-order valence-corrected chi connectivity index (χ3v) is 5.17. The molecule has 0 fully saturated rings. The van der Waals surface area contributed by atoms with Crippen molar-refractivity contribution in [3.63, 3.8) is 0 Å². The summed E-state index contributed by atoms with van der Waals surface area (Å²) >= 11 is 15.6. The summed E-state index contributed by atoms with van der Waals surface area (Å²) in [5, 5.41) is 14.5. The highest BCUT2D eigenvalue weighted by atomic mass is 79.9. The summed E-state index contributed by atoms with van der Waals surface area (Å²) < 4.78 is 5.88. The molecule has 28 heavy (non-hydrogen) atoms. The van der Waals surface area contributed by atoms with Crippen LogP contribution in [0.2, 0.25) is 10.0 Å². The summed E-state index contributed by atoms with van der Waals surface area (Å²) in [6.45, 7) is 0. The second-order valence-electron chi connectivity index (χ2n) is 5.97. The molecule has 0 bridgehead atoms. The van der Waals surface area contributed by atoms with E-state index in [0.29, 0.717) is 37.1 Å². The van der Waals surface area contributed by atoms with Crippen LogP contribution in [0.25, 0.3) is 0 Å². The maximum absolute atomic E-state index is 12.9. The lowest BCUT2D eigenvalue weighted by molar-refractivity contribution is 0.102. The maximum atomic E-state index is 12.9. The van der Waals surface area contributed by atoms with Gasteiger partial charge in [-0.1, -0.05) is 53.5 Å². The van der Waals surface area contributed by atoms with Crippen molar-refractivity contribution in [3.8, 4) is 5.75 Å². The minimum atomic E-state index is -0.955. The lowest BCUT2D eigenvalue weighted by Gasteiger charge is -2.18. The standard InChI is InChI=1S/C21H16BrCl2NO3/c1-28-20-16(10-14(24)11-17(20)22)21(27)25-18-8-7-13(23)9-15(18)19(26)12-5-3-2-4-6-12/h2-11,19,26H,1H3,(H,25,27)/t19-/m1/s1. The number of hydrogen-bond donors (Lipinski definition) is 2. The molecule has 2 N–H and O–H groups in total. The Morgan fingerprint density at radius 1 is 1.07 bits per heavy atom. The van der Waals surface area contributed by atoms with E-state index >= 15 is 0 Å². The molecule has 0 radical (unpaired) electrons. The fraction of sp³-hybridized carbons (Fsp3) is 0.0952. The van der Waals surface area contributed by atoms with Gasteiger partial charge >= 0.3 is 0 Å². The molecule has 0 aliphatic heterocycles. The number of hydrogen-bond acceptors (Lipinski definition) is 3. The Morgan fingerprint density at radius 2 is 1.79 bits per heavy atom. The first-order chi connectivity index (χ1) is 13.4. The van der Waals surface area contributed by atoms with E-state index in [1.807, 2.05) is 18.2 Å². The Balaban J connectivity index is 1.99. The Bertz CT molecular complexity index is 1010. The first-order valence-electron chi connectivity index (χ1n) is 8.27. The van der Waals surface area contributed by atoms with Gasteiger partial charge in [0.05, 0.1) is 17.1 Å². The number of amides is 1. The van der Waals surface area contributed by atoms with Gasteiger partial charge in [-0.25, -0.2) is 0 Å². The van der Waals surface area contributed by atoms with Gasteiger partial charge in [0.2, 0.25) is 0 Å². The molecule has 0 aliphatic rings. The van der Waals surface area contributed by atoms with Crippen LogP contribution < -0.4 is 10.1 Å². The van der Waals surface area contributed by atoms with Crippen LogP contribution in [0, 0.1) is 0 Å². The lowest BCUT2D eigenvalue weighted by atomic mass is 9.99. The number of aliphatic hydroxyl groups is 1. The highest BCUT2D eigenvalue weighted by Crippen LogP contribution is 2.35. The van der Waals surface area contributed by atoms with Crippen LogP contribution in [0.4, 0.5) is 5.69 Å². The van der Waals surface area contributed by atoms with Gasteiger partial charge in [-0.05, 0) is 51.8 Å². The van der Waals surface area contributed by atoms with Gasteiger partial charge in [-0.3, -0.25) is 4.79 Å². The molecule has 0 heterocycles. The van der Waals surface area contributed by atoms with E-state index in [9.17, 15) is 9.90 Å². The number of carbonyl (C=O) groups excluding carboxylic acids is 1. The van der Waals surface area contributed by atoms with Crippen LogP contribution >= 0.6 is 39.1 Å². The second kappa shape index (κ2) is 8.97. The number of carbonyl (C=O) groups is 1. The number of methoxy groups -OCH3 is 1. The summed E-state index contributed by atoms with van der Waals surface area (Å²) in [4.78, 5) is 12.9. The molecular formula is C21H16BrCl2NO3. The van der Waals surface area contributed by atoms with Crippen LogP contribution in [-0.2, 0) is 0 Å². The second-order valence-corrected chi connectivity index (χ2v) is 7.69. The van der Waals surface area contributed by atoms with Gasteiger partial charge in [0.25, 0.3) is 5.91 Å². The molecule has 0 saturated heterocycles. The molecular weight excluding hydrogens is 465 g/mol. The molecule has 4 nitrogen and oxygen atoms in total. The SMILES string of the molecule is COc1c(Br)cc(Cl)cc1C(=O)Nc1ccc(Cl)cc1[C@H](O)c1ccccc1. The quantitative estimate of drug-likeness (QED) is 0.463. The molecule has 0 aliphatic carbocycles. The lowest BCUT2D eigenvalue weighted by Crippen LogP contribution is -2.16. The maximum Gasteiger partial charge on any atom is 0.259 e. The van der Waals surface area contributed by atoms with Crippen molar-refractivity contribution in [1.29, 1.82) is 0 Å². The van der Waals surface area contributed by atoms with E-state index in [1.54, 1.807) is 36.4 Å². The third-order valence-electron chi connectivity index (χ3n) is 4.13. The Labute approximate surface area is 181 Å². The van der Waals surface area contributed by atoms with E-state index in [1.165, 1.54) is 13.2 Å². The highest BCUT2D eigenvalue weighted by molar-refractivity contribution is 9.10. The molecule has 7 heteroatoms. The molecule has 1 amide bonds. The molecule has 3 aromatic carbocycles. The molecule has 144 valence electrons. The topological polar surface area (TPSA) is 58.6 Å². The smallest absolute Gasteiger partial charge is 0.259 e. The summed E-state index contributed by atoms with van der Waals surface area (Å²) in [5.74, 6) is -0.0649. The van der Waals surface area contributed by atoms with E-state index in [4.69, 9.17) is 27.9 Å². The van der Waals surface area contributed by atoms with Gasteiger partial charge in [-0.15, -0.1) is 0 Å². The molecule has 0 aromatic heterocycles. The van der Waals surface area contributed by atoms with Gasteiger partial charge < -0.3 is 15.2 Å². The van der Waals surface area contributed by atoms with Crippen LogP contribution in [0.3, 0.4) is 0 Å². The number of ether oxygens (including phenoxy) is 1. The summed E-state index contributed by atoms with van der Waals surface area (Å²) in [7, 11) is 1.47. The fourth-order valence-corrected chi connectivity index (χ4v) is 3.97. The van der Waals surface area contributed by atoms with Gasteiger partial charge in [-0.2, -0.15) is 0 Å². The monoisotopic (exact) mass is 479 g/mol. The van der Waals surface area contributed by atoms with Crippen LogP contribution in [0.5, 0.6) is 5.75 Å². The summed E-state index contributed by atoms with van der Waals surface area (Å²) in [5.41, 5.74) is 1.86. The van der Waals surface area contributed by atoms with E-state index in [2.05, 4.69) is 21.2 Å². The first-order valence-corrected chi connectivity index (χ1v) is 9.82. The fourth-order valence-electron chi connectivity index (χ4n) is 2.81. The summed E-state index contributed by atoms with van der Waals surface area (Å²) in [6.07, 6.45) is -0.955. The van der Waals surface area contributed by atoms with Gasteiger partial charge in [0.1, 0.15) is 11.9 Å². The zero-order valence-corrected chi connectivity index (χ0v) is 17.8. The molecule has 0 unspecified atom stereocenters. The first kappa shape index (κ1) is 20.7. The molecule has 0 spiro atoms. The van der Waals surface area contributed by atoms with Crippen LogP contribution in [0.1, 0.15) is 27.6 Å². The third kappa shape index (κ3) is 4.50. The highest BCUT2D eigenvalue weighted by Gasteiger charge is 2.20. The van der Waals surface area contributed by atoms with Crippen molar-refractivity contribution < 1.29 is 14.6 Å². The van der Waals surface area contributed by atoms with Crippen molar-refractivity contribution in [1.82, 2.24) is 0 Å². The predicted molar refractivity (Wildman–Crippen MR) is 116 cm³/mol. The number of anilines is 1. The van der Waals surface area contributed by atoms with Crippen molar-refractivity contribution in [2.24, 2.45) is 0 Å². The van der Waals surface area contributed by atoms with E-state index in [0.717, 1.165) is 0 Å². The largest absolute Gasteiger partial charge is 0.495 e. The molecule has 3 aromatic rings. The van der Waals surface area contributed by atoms with Crippen molar-refractivity contribution in [2.75, 3.05) is 12.4 Å². The number of rotatable bonds is 5. The normalized spacial score (nSPS) is 11.8. The Kier molecular flexibility index (Phi) is 6.62. The molecule has 1 atom stereocenters. The van der Waals surface area contributed by atoms with Crippen molar-refractivity contribution >= 4 is 50.7 Å². The molecule has 0 saturated carbocycles. The average Bonchev–Trinajstić information content (AvgIpc) is 2.68. The Morgan fingerprint density at radius 3 is 2.46 bits per heavy atom. The van der Waals surface area contributed by atoms with Gasteiger partial charge in [0, 0.05) is 21.3 Å². The van der Waals surface area contributed by atoms with E-state index in [-0.39, 0.29) is 5.56 Å². The summed E-state index contributed by atoms with van der Waals surface area (Å²) in [6, 6.07) is 17.2. The zero-order valence-electron chi connectivity index (χ0n) is 14.7. The predicted octanol–water partition coefficient (Wildman–Crippen LogP) is 6.10. The minimum absolute atomic E-state index is 0.261. The number of benzene rings is 3. The van der Waals surface area contributed by atoms with E-state index < -0.39 is 12.0 Å². The Hall–Kier alpha value is -2.05. The van der Waals surface area contributed by atoms with Crippen molar-refractivity contribution in [3.05, 3.63) is 91.9 Å². The average molecular weight is 481 g/mol. The number of nitrogens with one attached hydrogen (secondary N) is 1.